The molecule has 0 aromatic heterocycles. The monoisotopic (exact) mass is 434 g/mol. The third-order valence-corrected chi connectivity index (χ3v) is 6.58. The molecule has 2 fully saturated rings. The van der Waals surface area contributed by atoms with Crippen molar-refractivity contribution < 1.29 is 4.74 Å². The quantitative estimate of drug-likeness (QED) is 0.604. The standard InChI is InChI=1S/C19H16BrClN2OS/c20-11-6-7-16-14(9-11)17-15-5-2-8-19(15,24-16)23(18(25)22-17)13-4-1-3-12(21)10-13/h1,3-4,6-7,9-10,15,17H,2,5,8H2,(H,22,25)/t15-,17-,19+/m1/s1. The summed E-state index contributed by atoms with van der Waals surface area (Å²) in [6, 6.07) is 14.3. The van der Waals surface area contributed by atoms with E-state index in [1.54, 1.807) is 0 Å². The minimum Gasteiger partial charge on any atom is -0.467 e. The number of hydrogen-bond acceptors (Lipinski definition) is 2. The molecule has 1 saturated carbocycles. The van der Waals surface area contributed by atoms with Crippen LogP contribution in [0.4, 0.5) is 5.69 Å². The summed E-state index contributed by atoms with van der Waals surface area (Å²) < 4.78 is 7.74. The van der Waals surface area contributed by atoms with Crippen molar-refractivity contribution >= 4 is 50.5 Å². The molecule has 0 amide bonds. The van der Waals surface area contributed by atoms with Gasteiger partial charge in [0, 0.05) is 33.1 Å². The molecular formula is C19H16BrClN2OS. The number of fused-ring (bicyclic) bond motifs is 2. The van der Waals surface area contributed by atoms with Gasteiger partial charge in [-0.25, -0.2) is 0 Å². The first-order valence-corrected chi connectivity index (χ1v) is 10.0. The lowest BCUT2D eigenvalue weighted by Crippen LogP contribution is -2.69. The van der Waals surface area contributed by atoms with E-state index in [0.29, 0.717) is 16.1 Å². The van der Waals surface area contributed by atoms with Gasteiger partial charge < -0.3 is 10.1 Å². The molecule has 2 aromatic carbocycles. The number of anilines is 1. The highest BCUT2D eigenvalue weighted by Crippen LogP contribution is 2.56. The van der Waals surface area contributed by atoms with Crippen molar-refractivity contribution in [1.29, 1.82) is 0 Å². The summed E-state index contributed by atoms with van der Waals surface area (Å²) in [6.07, 6.45) is 3.19. The van der Waals surface area contributed by atoms with Crippen LogP contribution in [0.2, 0.25) is 5.02 Å². The van der Waals surface area contributed by atoms with Crippen LogP contribution in [0.3, 0.4) is 0 Å². The lowest BCUT2D eigenvalue weighted by atomic mass is 9.80. The van der Waals surface area contributed by atoms with Crippen LogP contribution in [0, 0.1) is 5.92 Å². The zero-order chi connectivity index (χ0) is 17.2. The number of nitrogens with one attached hydrogen (secondary N) is 1. The number of ether oxygens (including phenoxy) is 1. The van der Waals surface area contributed by atoms with Crippen molar-refractivity contribution in [3.8, 4) is 5.75 Å². The number of nitrogens with zero attached hydrogens (tertiary/aromatic N) is 1. The first kappa shape index (κ1) is 15.9. The molecule has 2 aromatic rings. The molecule has 1 saturated heterocycles. The van der Waals surface area contributed by atoms with Gasteiger partial charge in [0.25, 0.3) is 0 Å². The van der Waals surface area contributed by atoms with E-state index in [9.17, 15) is 0 Å². The van der Waals surface area contributed by atoms with Crippen LogP contribution in [-0.4, -0.2) is 10.8 Å². The van der Waals surface area contributed by atoms with Crippen LogP contribution in [0.1, 0.15) is 30.9 Å². The number of hydrogen-bond donors (Lipinski definition) is 1. The second-order valence-corrected chi connectivity index (χ2v) is 8.61. The van der Waals surface area contributed by atoms with Gasteiger partial charge in [-0.05, 0) is 61.5 Å². The maximum Gasteiger partial charge on any atom is 0.194 e. The highest BCUT2D eigenvalue weighted by molar-refractivity contribution is 9.10. The van der Waals surface area contributed by atoms with Crippen LogP contribution < -0.4 is 15.0 Å². The molecule has 0 spiro atoms. The van der Waals surface area contributed by atoms with Crippen molar-refractivity contribution in [3.63, 3.8) is 0 Å². The molecule has 5 rings (SSSR count). The van der Waals surface area contributed by atoms with E-state index in [4.69, 9.17) is 28.6 Å². The van der Waals surface area contributed by atoms with Gasteiger partial charge in [0.15, 0.2) is 10.8 Å². The Labute approximate surface area is 165 Å². The van der Waals surface area contributed by atoms with Gasteiger partial charge >= 0.3 is 0 Å². The number of halogens is 2. The van der Waals surface area contributed by atoms with E-state index in [-0.39, 0.29) is 6.04 Å². The van der Waals surface area contributed by atoms with Crippen molar-refractivity contribution in [2.75, 3.05) is 4.90 Å². The van der Waals surface area contributed by atoms with Crippen LogP contribution >= 0.6 is 39.7 Å². The summed E-state index contributed by atoms with van der Waals surface area (Å²) in [6.45, 7) is 0. The minimum atomic E-state index is -0.432. The maximum atomic E-state index is 6.68. The van der Waals surface area contributed by atoms with Crippen LogP contribution in [0.25, 0.3) is 0 Å². The molecule has 1 aliphatic carbocycles. The molecule has 0 unspecified atom stereocenters. The minimum absolute atomic E-state index is 0.187. The fourth-order valence-electron chi connectivity index (χ4n) is 4.62. The Kier molecular flexibility index (Phi) is 3.56. The second-order valence-electron chi connectivity index (χ2n) is 6.87. The summed E-state index contributed by atoms with van der Waals surface area (Å²) in [4.78, 5) is 2.15. The average Bonchev–Trinajstić information content (AvgIpc) is 3.00. The molecule has 0 radical (unpaired) electrons. The third kappa shape index (κ3) is 2.25. The molecule has 128 valence electrons. The zero-order valence-electron chi connectivity index (χ0n) is 13.3. The van der Waals surface area contributed by atoms with Gasteiger partial charge in [0.05, 0.1) is 6.04 Å². The number of rotatable bonds is 1. The largest absolute Gasteiger partial charge is 0.467 e. The second kappa shape index (κ2) is 5.60. The normalized spacial score (nSPS) is 29.5. The van der Waals surface area contributed by atoms with E-state index in [1.165, 1.54) is 5.56 Å². The molecule has 2 bridgehead atoms. The van der Waals surface area contributed by atoms with E-state index in [1.807, 2.05) is 30.3 Å². The van der Waals surface area contributed by atoms with Crippen LogP contribution in [-0.2, 0) is 0 Å². The summed E-state index contributed by atoms with van der Waals surface area (Å²) in [7, 11) is 0. The Hall–Kier alpha value is -1.30. The molecule has 2 aliphatic heterocycles. The maximum absolute atomic E-state index is 6.68. The van der Waals surface area contributed by atoms with Crippen LogP contribution in [0.15, 0.2) is 46.9 Å². The van der Waals surface area contributed by atoms with E-state index < -0.39 is 5.72 Å². The first-order valence-electron chi connectivity index (χ1n) is 8.43. The smallest absolute Gasteiger partial charge is 0.194 e. The SMILES string of the molecule is S=C1N[C@@H]2c3cc(Br)ccc3O[C@]3(CCC[C@H]23)N1c1cccc(Cl)c1. The molecule has 6 heteroatoms. The summed E-state index contributed by atoms with van der Waals surface area (Å²) in [5.41, 5.74) is 1.74. The van der Waals surface area contributed by atoms with Gasteiger partial charge in [-0.2, -0.15) is 0 Å². The predicted octanol–water partition coefficient (Wildman–Crippen LogP) is 5.43. The Morgan fingerprint density at radius 3 is 3.00 bits per heavy atom. The van der Waals surface area contributed by atoms with Gasteiger partial charge in [-0.3, -0.25) is 4.90 Å². The highest BCUT2D eigenvalue weighted by atomic mass is 79.9. The lowest BCUT2D eigenvalue weighted by Gasteiger charge is -2.56. The lowest BCUT2D eigenvalue weighted by molar-refractivity contribution is -0.00509. The zero-order valence-corrected chi connectivity index (χ0v) is 16.5. The Bertz CT molecular complexity index is 891. The van der Waals surface area contributed by atoms with E-state index >= 15 is 0 Å². The van der Waals surface area contributed by atoms with E-state index in [2.05, 4.69) is 38.3 Å². The molecule has 1 N–H and O–H groups in total. The highest BCUT2D eigenvalue weighted by Gasteiger charge is 2.60. The fraction of sp³-hybridized carbons (Fsp3) is 0.316. The average molecular weight is 436 g/mol. The van der Waals surface area contributed by atoms with Crippen molar-refractivity contribution in [1.82, 2.24) is 5.32 Å². The van der Waals surface area contributed by atoms with Crippen molar-refractivity contribution in [3.05, 3.63) is 57.5 Å². The molecule has 25 heavy (non-hydrogen) atoms. The van der Waals surface area contributed by atoms with Gasteiger partial charge in [0.1, 0.15) is 5.75 Å². The number of thiocarbonyl (C=S) groups is 1. The fourth-order valence-corrected chi connectivity index (χ4v) is 5.57. The Morgan fingerprint density at radius 1 is 1.28 bits per heavy atom. The summed E-state index contributed by atoms with van der Waals surface area (Å²) in [5.74, 6) is 1.29. The summed E-state index contributed by atoms with van der Waals surface area (Å²) >= 11 is 15.6. The Balaban J connectivity index is 1.70. The molecule has 3 atom stereocenters. The third-order valence-electron chi connectivity index (χ3n) is 5.55. The molecule has 3 aliphatic rings. The van der Waals surface area contributed by atoms with E-state index in [0.717, 1.165) is 35.2 Å². The molecule has 2 heterocycles. The predicted molar refractivity (Wildman–Crippen MR) is 107 cm³/mol. The first-order chi connectivity index (χ1) is 12.1. The molecular weight excluding hydrogens is 420 g/mol. The number of benzene rings is 2. The van der Waals surface area contributed by atoms with Crippen LogP contribution in [0.5, 0.6) is 5.75 Å². The molecule has 3 nitrogen and oxygen atoms in total. The topological polar surface area (TPSA) is 24.5 Å². The van der Waals surface area contributed by atoms with Gasteiger partial charge in [-0.15, -0.1) is 0 Å². The van der Waals surface area contributed by atoms with Gasteiger partial charge in [-0.1, -0.05) is 33.6 Å². The Morgan fingerprint density at radius 2 is 2.16 bits per heavy atom. The summed E-state index contributed by atoms with van der Waals surface area (Å²) in [5, 5.41) is 4.99. The van der Waals surface area contributed by atoms with Gasteiger partial charge in [0.2, 0.25) is 0 Å². The van der Waals surface area contributed by atoms with Crippen molar-refractivity contribution in [2.45, 2.75) is 31.0 Å². The van der Waals surface area contributed by atoms with Crippen molar-refractivity contribution in [2.24, 2.45) is 5.92 Å².